The van der Waals surface area contributed by atoms with Gasteiger partial charge in [-0.05, 0) is 19.3 Å². The molecule has 2 heterocycles. The minimum absolute atomic E-state index is 0.0223. The smallest absolute Gasteiger partial charge is 0.352 e. The maximum atomic E-state index is 12.8. The van der Waals surface area contributed by atoms with Crippen molar-refractivity contribution in [3.8, 4) is 0 Å². The second kappa shape index (κ2) is 7.01. The lowest BCUT2D eigenvalue weighted by atomic mass is 10.2. The number of rotatable bonds is 5. The van der Waals surface area contributed by atoms with Crippen LogP contribution in [0.15, 0.2) is 6.20 Å². The average Bonchev–Trinajstić information content (AvgIpc) is 3.11. The number of likely N-dealkylation sites (tertiary alicyclic amines) is 1. The summed E-state index contributed by atoms with van der Waals surface area (Å²) in [4.78, 5) is 25.4. The topological polar surface area (TPSA) is 67.2 Å². The number of amides is 2. The van der Waals surface area contributed by atoms with Crippen LogP contribution < -0.4 is 5.32 Å². The lowest BCUT2D eigenvalue weighted by Crippen LogP contribution is -2.30. The number of halogens is 3. The predicted octanol–water partition coefficient (Wildman–Crippen LogP) is 1.57. The first kappa shape index (κ1) is 17.3. The van der Waals surface area contributed by atoms with E-state index in [1.165, 1.54) is 7.05 Å². The lowest BCUT2D eigenvalue weighted by molar-refractivity contribution is -0.141. The van der Waals surface area contributed by atoms with Crippen LogP contribution >= 0.6 is 0 Å². The molecule has 0 aromatic carbocycles. The summed E-state index contributed by atoms with van der Waals surface area (Å²) in [5, 5.41) is 5.69. The summed E-state index contributed by atoms with van der Waals surface area (Å²) >= 11 is 0. The molecule has 1 aromatic heterocycles. The normalized spacial score (nSPS) is 15.0. The number of alkyl halides is 3. The minimum Gasteiger partial charge on any atom is -0.352 e. The summed E-state index contributed by atoms with van der Waals surface area (Å²) in [6, 6.07) is 0. The first-order valence-corrected chi connectivity index (χ1v) is 7.46. The largest absolute Gasteiger partial charge is 0.435 e. The molecule has 6 nitrogen and oxygen atoms in total. The van der Waals surface area contributed by atoms with Crippen molar-refractivity contribution in [3.05, 3.63) is 17.5 Å². The Morgan fingerprint density at radius 2 is 1.96 bits per heavy atom. The minimum atomic E-state index is -4.68. The van der Waals surface area contributed by atoms with Gasteiger partial charge in [-0.1, -0.05) is 0 Å². The number of hydrogen-bond acceptors (Lipinski definition) is 3. The second-order valence-corrected chi connectivity index (χ2v) is 5.51. The Morgan fingerprint density at radius 3 is 2.57 bits per heavy atom. The van der Waals surface area contributed by atoms with Crippen molar-refractivity contribution in [2.75, 3.05) is 19.6 Å². The summed E-state index contributed by atoms with van der Waals surface area (Å²) in [5.74, 6) is -0.812. The van der Waals surface area contributed by atoms with Crippen LogP contribution in [0.2, 0.25) is 0 Å². The van der Waals surface area contributed by atoms with Gasteiger partial charge in [0, 0.05) is 39.3 Å². The summed E-state index contributed by atoms with van der Waals surface area (Å²) in [6.07, 6.45) is -0.970. The molecule has 1 N–H and O–H groups in total. The molecule has 128 valence electrons. The highest BCUT2D eigenvalue weighted by Gasteiger charge is 2.38. The van der Waals surface area contributed by atoms with Gasteiger partial charge in [-0.25, -0.2) is 0 Å². The van der Waals surface area contributed by atoms with E-state index in [9.17, 15) is 22.8 Å². The third-order valence-corrected chi connectivity index (χ3v) is 3.65. The molecule has 23 heavy (non-hydrogen) atoms. The van der Waals surface area contributed by atoms with Crippen LogP contribution in [0.4, 0.5) is 13.2 Å². The molecule has 0 radical (unpaired) electrons. The Labute approximate surface area is 131 Å². The van der Waals surface area contributed by atoms with Gasteiger partial charge < -0.3 is 10.2 Å². The van der Waals surface area contributed by atoms with Crippen molar-refractivity contribution >= 4 is 11.8 Å². The molecule has 1 aromatic rings. The third kappa shape index (κ3) is 4.46. The number of aromatic nitrogens is 2. The average molecular weight is 332 g/mol. The van der Waals surface area contributed by atoms with E-state index in [1.54, 1.807) is 4.90 Å². The standard InChI is InChI=1S/C14H19F3N4O2/c1-20-9-10(12(19-20)14(15,16)17)13(23)18-6-4-5-11(22)21-7-2-3-8-21/h9H,2-8H2,1H3,(H,18,23). The first-order valence-electron chi connectivity index (χ1n) is 7.46. The first-order chi connectivity index (χ1) is 10.8. The van der Waals surface area contributed by atoms with E-state index in [-0.39, 0.29) is 18.9 Å². The van der Waals surface area contributed by atoms with Crippen LogP contribution in [0.3, 0.4) is 0 Å². The lowest BCUT2D eigenvalue weighted by Gasteiger charge is -2.15. The fourth-order valence-corrected chi connectivity index (χ4v) is 2.53. The van der Waals surface area contributed by atoms with E-state index in [0.717, 1.165) is 36.8 Å². The Hall–Kier alpha value is -2.06. The number of aryl methyl sites for hydroxylation is 1. The van der Waals surface area contributed by atoms with Crippen LogP contribution in [0.1, 0.15) is 41.7 Å². The van der Waals surface area contributed by atoms with Crippen LogP contribution in [0.5, 0.6) is 0 Å². The zero-order valence-corrected chi connectivity index (χ0v) is 12.8. The highest BCUT2D eigenvalue weighted by Crippen LogP contribution is 2.30. The number of nitrogens with one attached hydrogen (secondary N) is 1. The maximum absolute atomic E-state index is 12.8. The Balaban J connectivity index is 1.82. The Kier molecular flexibility index (Phi) is 5.27. The number of carbonyl (C=O) groups is 2. The molecule has 1 fully saturated rings. The number of nitrogens with zero attached hydrogens (tertiary/aromatic N) is 3. The van der Waals surface area contributed by atoms with Crippen molar-refractivity contribution in [1.29, 1.82) is 0 Å². The van der Waals surface area contributed by atoms with E-state index in [1.807, 2.05) is 0 Å². The second-order valence-electron chi connectivity index (χ2n) is 5.51. The van der Waals surface area contributed by atoms with Crippen molar-refractivity contribution < 1.29 is 22.8 Å². The molecule has 0 spiro atoms. The molecule has 1 saturated heterocycles. The molecule has 0 saturated carbocycles. The molecule has 2 amide bonds. The molecule has 1 aliphatic heterocycles. The number of hydrogen-bond donors (Lipinski definition) is 1. The van der Waals surface area contributed by atoms with Gasteiger partial charge in [-0.3, -0.25) is 14.3 Å². The SMILES string of the molecule is Cn1cc(C(=O)NCCCC(=O)N2CCCC2)c(C(F)(F)F)n1. The van der Waals surface area contributed by atoms with Gasteiger partial charge in [0.15, 0.2) is 5.69 Å². The highest BCUT2D eigenvalue weighted by molar-refractivity contribution is 5.95. The molecule has 2 rings (SSSR count). The van der Waals surface area contributed by atoms with E-state index < -0.39 is 23.3 Å². The Morgan fingerprint density at radius 1 is 1.30 bits per heavy atom. The van der Waals surface area contributed by atoms with Gasteiger partial charge >= 0.3 is 6.18 Å². The summed E-state index contributed by atoms with van der Waals surface area (Å²) in [6.45, 7) is 1.66. The molecular formula is C14H19F3N4O2. The zero-order valence-electron chi connectivity index (χ0n) is 12.8. The fourth-order valence-electron chi connectivity index (χ4n) is 2.53. The Bertz CT molecular complexity index is 577. The van der Waals surface area contributed by atoms with Gasteiger partial charge in [-0.2, -0.15) is 18.3 Å². The summed E-state index contributed by atoms with van der Waals surface area (Å²) in [5.41, 5.74) is -1.71. The van der Waals surface area contributed by atoms with Crippen molar-refractivity contribution in [2.24, 2.45) is 7.05 Å². The van der Waals surface area contributed by atoms with Gasteiger partial charge in [0.05, 0.1) is 5.56 Å². The summed E-state index contributed by atoms with van der Waals surface area (Å²) < 4.78 is 39.3. The fraction of sp³-hybridized carbons (Fsp3) is 0.643. The van der Waals surface area contributed by atoms with Crippen molar-refractivity contribution in [3.63, 3.8) is 0 Å². The van der Waals surface area contributed by atoms with Gasteiger partial charge in [0.25, 0.3) is 5.91 Å². The highest BCUT2D eigenvalue weighted by atomic mass is 19.4. The van der Waals surface area contributed by atoms with Gasteiger partial charge in [0.2, 0.25) is 5.91 Å². The van der Waals surface area contributed by atoms with Crippen molar-refractivity contribution in [2.45, 2.75) is 31.9 Å². The van der Waals surface area contributed by atoms with E-state index in [2.05, 4.69) is 10.4 Å². The zero-order chi connectivity index (χ0) is 17.0. The quantitative estimate of drug-likeness (QED) is 0.833. The van der Waals surface area contributed by atoms with Crippen molar-refractivity contribution in [1.82, 2.24) is 20.0 Å². The third-order valence-electron chi connectivity index (χ3n) is 3.65. The molecule has 0 atom stereocenters. The van der Waals surface area contributed by atoms with Gasteiger partial charge in [-0.15, -0.1) is 0 Å². The predicted molar refractivity (Wildman–Crippen MR) is 75.6 cm³/mol. The van der Waals surface area contributed by atoms with Crippen LogP contribution in [-0.2, 0) is 18.0 Å². The summed E-state index contributed by atoms with van der Waals surface area (Å²) in [7, 11) is 1.32. The van der Waals surface area contributed by atoms with E-state index in [4.69, 9.17) is 0 Å². The van der Waals surface area contributed by atoms with E-state index >= 15 is 0 Å². The maximum Gasteiger partial charge on any atom is 0.435 e. The van der Waals surface area contributed by atoms with E-state index in [0.29, 0.717) is 6.42 Å². The number of carbonyl (C=O) groups excluding carboxylic acids is 2. The molecule has 1 aliphatic rings. The molecule has 9 heteroatoms. The molecule has 0 bridgehead atoms. The monoisotopic (exact) mass is 332 g/mol. The molecule has 0 aliphatic carbocycles. The van der Waals surface area contributed by atoms with Crippen LogP contribution in [0.25, 0.3) is 0 Å². The van der Waals surface area contributed by atoms with Gasteiger partial charge in [0.1, 0.15) is 0 Å². The molecule has 0 unspecified atom stereocenters. The molecular weight excluding hydrogens is 313 g/mol. The van der Waals surface area contributed by atoms with Crippen LogP contribution in [-0.4, -0.2) is 46.1 Å². The van der Waals surface area contributed by atoms with Crippen LogP contribution in [0, 0.1) is 0 Å².